The van der Waals surface area contributed by atoms with E-state index in [0.29, 0.717) is 19.1 Å². The molecule has 5 heteroatoms. The maximum atomic E-state index is 12.2. The Morgan fingerprint density at radius 3 is 2.87 bits per heavy atom. The molecule has 2 heterocycles. The van der Waals surface area contributed by atoms with E-state index in [2.05, 4.69) is 27.7 Å². The number of hydrogen-bond donors (Lipinski definition) is 1. The summed E-state index contributed by atoms with van der Waals surface area (Å²) in [7, 11) is 0. The summed E-state index contributed by atoms with van der Waals surface area (Å²) in [6, 6.07) is 12.4. The summed E-state index contributed by atoms with van der Waals surface area (Å²) in [5.74, 6) is 0.113. The number of amides is 1. The van der Waals surface area contributed by atoms with E-state index in [0.717, 1.165) is 24.4 Å². The van der Waals surface area contributed by atoms with Crippen molar-refractivity contribution >= 4 is 28.8 Å². The summed E-state index contributed by atoms with van der Waals surface area (Å²) in [5, 5.41) is 5.88. The summed E-state index contributed by atoms with van der Waals surface area (Å²) < 4.78 is 0. The highest BCUT2D eigenvalue weighted by Gasteiger charge is 2.27. The van der Waals surface area contributed by atoms with Crippen molar-refractivity contribution in [3.05, 3.63) is 57.2 Å². The molecule has 1 unspecified atom stereocenters. The van der Waals surface area contributed by atoms with Crippen LogP contribution in [0.3, 0.4) is 0 Å². The number of carbonyl (C=O) groups is 1. The third-order valence-corrected chi connectivity index (χ3v) is 5.46. The molecule has 3 rings (SSSR count). The van der Waals surface area contributed by atoms with Crippen molar-refractivity contribution < 1.29 is 4.79 Å². The van der Waals surface area contributed by atoms with Crippen molar-refractivity contribution in [3.8, 4) is 0 Å². The predicted octanol–water partition coefficient (Wildman–Crippen LogP) is 3.90. The normalized spacial score (nSPS) is 18.2. The zero-order valence-electron chi connectivity index (χ0n) is 13.0. The fourth-order valence-corrected chi connectivity index (χ4v) is 4.08. The Morgan fingerprint density at radius 2 is 2.13 bits per heavy atom. The van der Waals surface area contributed by atoms with E-state index in [4.69, 9.17) is 11.6 Å². The van der Waals surface area contributed by atoms with Crippen molar-refractivity contribution in [2.75, 3.05) is 19.6 Å². The van der Waals surface area contributed by atoms with Crippen LogP contribution in [0.2, 0.25) is 5.02 Å². The van der Waals surface area contributed by atoms with Crippen LogP contribution in [0.5, 0.6) is 0 Å². The van der Waals surface area contributed by atoms with Crippen LogP contribution < -0.4 is 5.32 Å². The van der Waals surface area contributed by atoms with Gasteiger partial charge in [0.2, 0.25) is 5.91 Å². The van der Waals surface area contributed by atoms with Gasteiger partial charge < -0.3 is 5.32 Å². The minimum Gasteiger partial charge on any atom is -0.355 e. The lowest BCUT2D eigenvalue weighted by Gasteiger charge is -2.22. The number of thiophene rings is 1. The minimum atomic E-state index is 0.113. The Hall–Kier alpha value is -1.36. The van der Waals surface area contributed by atoms with Gasteiger partial charge in [-0.1, -0.05) is 29.8 Å². The number of likely N-dealkylation sites (tertiary alicyclic amines) is 1. The van der Waals surface area contributed by atoms with Crippen molar-refractivity contribution in [2.24, 2.45) is 0 Å². The van der Waals surface area contributed by atoms with E-state index >= 15 is 0 Å². The number of benzene rings is 1. The summed E-state index contributed by atoms with van der Waals surface area (Å²) in [5.41, 5.74) is 1.19. The van der Waals surface area contributed by atoms with E-state index in [-0.39, 0.29) is 5.91 Å². The molecular formula is C18H21ClN2OS. The van der Waals surface area contributed by atoms with E-state index in [1.807, 2.05) is 24.3 Å². The van der Waals surface area contributed by atoms with Crippen LogP contribution in [0.15, 0.2) is 41.8 Å². The third kappa shape index (κ3) is 4.56. The van der Waals surface area contributed by atoms with Crippen LogP contribution >= 0.6 is 22.9 Å². The molecule has 1 aliphatic rings. The first-order valence-electron chi connectivity index (χ1n) is 8.01. The van der Waals surface area contributed by atoms with Gasteiger partial charge in [0.25, 0.3) is 0 Å². The van der Waals surface area contributed by atoms with Gasteiger partial charge in [-0.25, -0.2) is 0 Å². The second-order valence-corrected chi connectivity index (χ2v) is 7.29. The van der Waals surface area contributed by atoms with Crippen LogP contribution in [0, 0.1) is 0 Å². The number of hydrogen-bond acceptors (Lipinski definition) is 3. The molecule has 0 bridgehead atoms. The highest BCUT2D eigenvalue weighted by atomic mass is 35.5. The summed E-state index contributed by atoms with van der Waals surface area (Å²) in [6.07, 6.45) is 3.15. The van der Waals surface area contributed by atoms with Gasteiger partial charge in [0.05, 0.1) is 6.54 Å². The molecule has 1 saturated heterocycles. The van der Waals surface area contributed by atoms with Crippen molar-refractivity contribution in [1.29, 1.82) is 0 Å². The highest BCUT2D eigenvalue weighted by Crippen LogP contribution is 2.33. The van der Waals surface area contributed by atoms with Crippen LogP contribution in [-0.4, -0.2) is 30.4 Å². The smallest absolute Gasteiger partial charge is 0.234 e. The fraction of sp³-hybridized carbons (Fsp3) is 0.389. The molecule has 3 nitrogen and oxygen atoms in total. The van der Waals surface area contributed by atoms with E-state index in [1.54, 1.807) is 11.3 Å². The van der Waals surface area contributed by atoms with Gasteiger partial charge in [0.15, 0.2) is 0 Å². The predicted molar refractivity (Wildman–Crippen MR) is 96.0 cm³/mol. The number of nitrogens with zero attached hydrogens (tertiary/aromatic N) is 1. The zero-order valence-corrected chi connectivity index (χ0v) is 14.6. The van der Waals surface area contributed by atoms with Crippen molar-refractivity contribution in [2.45, 2.75) is 25.3 Å². The van der Waals surface area contributed by atoms with Gasteiger partial charge >= 0.3 is 0 Å². The molecule has 0 spiro atoms. The molecule has 2 aromatic rings. The molecule has 1 atom stereocenters. The van der Waals surface area contributed by atoms with Gasteiger partial charge in [0, 0.05) is 22.5 Å². The molecule has 1 amide bonds. The average molecular weight is 349 g/mol. The molecule has 1 aromatic heterocycles. The molecule has 0 radical (unpaired) electrons. The lowest BCUT2D eigenvalue weighted by atomic mass is 10.1. The summed E-state index contributed by atoms with van der Waals surface area (Å²) in [4.78, 5) is 15.9. The molecular weight excluding hydrogens is 328 g/mol. The van der Waals surface area contributed by atoms with Crippen LogP contribution in [0.25, 0.3) is 0 Å². The SMILES string of the molecule is O=C(CN1CCCC1c1cccs1)NCCc1ccc(Cl)cc1. The number of carbonyl (C=O) groups excluding carboxylic acids is 1. The fourth-order valence-electron chi connectivity index (χ4n) is 3.06. The van der Waals surface area contributed by atoms with E-state index < -0.39 is 0 Å². The summed E-state index contributed by atoms with van der Waals surface area (Å²) >= 11 is 7.66. The Morgan fingerprint density at radius 1 is 1.30 bits per heavy atom. The average Bonchev–Trinajstić information content (AvgIpc) is 3.20. The maximum Gasteiger partial charge on any atom is 0.234 e. The highest BCUT2D eigenvalue weighted by molar-refractivity contribution is 7.10. The number of rotatable bonds is 6. The maximum absolute atomic E-state index is 12.2. The van der Waals surface area contributed by atoms with Crippen molar-refractivity contribution in [3.63, 3.8) is 0 Å². The monoisotopic (exact) mass is 348 g/mol. The van der Waals surface area contributed by atoms with Crippen LogP contribution in [0.4, 0.5) is 0 Å². The largest absolute Gasteiger partial charge is 0.355 e. The van der Waals surface area contributed by atoms with Gasteiger partial charge in [-0.2, -0.15) is 0 Å². The molecule has 1 aromatic carbocycles. The van der Waals surface area contributed by atoms with Gasteiger partial charge in [0.1, 0.15) is 0 Å². The van der Waals surface area contributed by atoms with Crippen LogP contribution in [0.1, 0.15) is 29.3 Å². The van der Waals surface area contributed by atoms with E-state index in [1.165, 1.54) is 16.9 Å². The first-order chi connectivity index (χ1) is 11.2. The first kappa shape index (κ1) is 16.5. The van der Waals surface area contributed by atoms with Gasteiger partial charge in [-0.05, 0) is 54.9 Å². The van der Waals surface area contributed by atoms with Crippen molar-refractivity contribution in [1.82, 2.24) is 10.2 Å². The number of nitrogens with one attached hydrogen (secondary N) is 1. The lowest BCUT2D eigenvalue weighted by Crippen LogP contribution is -2.37. The lowest BCUT2D eigenvalue weighted by molar-refractivity contribution is -0.122. The quantitative estimate of drug-likeness (QED) is 0.858. The third-order valence-electron chi connectivity index (χ3n) is 4.23. The second-order valence-electron chi connectivity index (χ2n) is 5.87. The first-order valence-corrected chi connectivity index (χ1v) is 9.27. The molecule has 122 valence electrons. The standard InChI is InChI=1S/C18H21ClN2OS/c19-15-7-5-14(6-8-15)9-10-20-18(22)13-21-11-1-3-16(21)17-4-2-12-23-17/h2,4-8,12,16H,1,3,9-11,13H2,(H,20,22). The van der Waals surface area contributed by atoms with Crippen LogP contribution in [-0.2, 0) is 11.2 Å². The zero-order chi connectivity index (χ0) is 16.1. The Labute approximate surface area is 146 Å². The molecule has 1 aliphatic heterocycles. The minimum absolute atomic E-state index is 0.113. The molecule has 1 N–H and O–H groups in total. The Balaban J connectivity index is 1.44. The van der Waals surface area contributed by atoms with E-state index in [9.17, 15) is 4.79 Å². The topological polar surface area (TPSA) is 32.3 Å². The molecule has 1 fully saturated rings. The molecule has 0 aliphatic carbocycles. The Bertz CT molecular complexity index is 627. The molecule has 23 heavy (non-hydrogen) atoms. The number of halogens is 1. The van der Waals surface area contributed by atoms with Gasteiger partial charge in [-0.15, -0.1) is 11.3 Å². The Kier molecular flexibility index (Phi) is 5.70. The van der Waals surface area contributed by atoms with Gasteiger partial charge in [-0.3, -0.25) is 9.69 Å². The summed E-state index contributed by atoms with van der Waals surface area (Å²) in [6.45, 7) is 2.16. The molecule has 0 saturated carbocycles. The second kappa shape index (κ2) is 7.95.